The van der Waals surface area contributed by atoms with E-state index in [2.05, 4.69) is 5.32 Å². The van der Waals surface area contributed by atoms with E-state index >= 15 is 0 Å². The number of carbonyl (C=O) groups is 4. The molecule has 1 aliphatic rings. The van der Waals surface area contributed by atoms with Gasteiger partial charge in [-0.3, -0.25) is 9.59 Å². The van der Waals surface area contributed by atoms with Gasteiger partial charge in [-0.25, -0.2) is 0 Å². The predicted molar refractivity (Wildman–Crippen MR) is 81.7 cm³/mol. The molecule has 0 radical (unpaired) electrons. The number of hydrogen-bond donors (Lipinski definition) is 1. The molecule has 1 heterocycles. The molecule has 2 rings (SSSR count). The third-order valence-electron chi connectivity index (χ3n) is 4.12. The molecule has 27 heavy (non-hydrogen) atoms. The Balaban J connectivity index is 0.00000338. The SMILES string of the molecule is O=C(N[C@@H](CCC(=O)N1CCC[C@H]1C(=O)[O-])C(=O)[O-])c1ccccc1.[Na+].[Na+]. The normalized spacial score (nSPS) is 16.4. The Kier molecular flexibility index (Phi) is 12.1. The van der Waals surface area contributed by atoms with Crippen molar-refractivity contribution >= 4 is 23.8 Å². The van der Waals surface area contributed by atoms with E-state index in [0.717, 1.165) is 0 Å². The molecule has 0 aliphatic carbocycles. The number of hydrogen-bond acceptors (Lipinski definition) is 6. The van der Waals surface area contributed by atoms with E-state index in [1.807, 2.05) is 0 Å². The first-order valence-electron chi connectivity index (χ1n) is 7.97. The van der Waals surface area contributed by atoms with Crippen LogP contribution in [0, 0.1) is 0 Å². The summed E-state index contributed by atoms with van der Waals surface area (Å²) < 4.78 is 0. The smallest absolute Gasteiger partial charge is 0.548 e. The van der Waals surface area contributed by atoms with Crippen LogP contribution < -0.4 is 74.6 Å². The molecule has 0 unspecified atom stereocenters. The second-order valence-electron chi connectivity index (χ2n) is 5.81. The average Bonchev–Trinajstić information content (AvgIpc) is 3.08. The Labute approximate surface area is 201 Å². The molecule has 0 bridgehead atoms. The Hall–Kier alpha value is -0.900. The number of aliphatic carboxylic acids is 2. The number of carbonyl (C=O) groups excluding carboxylic acids is 4. The van der Waals surface area contributed by atoms with Crippen LogP contribution in [0.1, 0.15) is 36.0 Å². The fraction of sp³-hybridized carbons (Fsp3) is 0.412. The minimum atomic E-state index is -1.50. The Morgan fingerprint density at radius 1 is 1.11 bits per heavy atom. The van der Waals surface area contributed by atoms with Crippen molar-refractivity contribution in [1.29, 1.82) is 0 Å². The summed E-state index contributed by atoms with van der Waals surface area (Å²) in [5, 5.41) is 24.5. The van der Waals surface area contributed by atoms with Gasteiger partial charge in [0.05, 0.1) is 24.0 Å². The monoisotopic (exact) mass is 392 g/mol. The summed E-state index contributed by atoms with van der Waals surface area (Å²) in [6.07, 6.45) is 0.481. The van der Waals surface area contributed by atoms with Gasteiger partial charge in [-0.15, -0.1) is 0 Å². The zero-order valence-corrected chi connectivity index (χ0v) is 19.5. The molecule has 1 aromatic rings. The van der Waals surface area contributed by atoms with Crippen LogP contribution in [0.3, 0.4) is 0 Å². The zero-order chi connectivity index (χ0) is 18.4. The van der Waals surface area contributed by atoms with Crippen LogP contribution >= 0.6 is 0 Å². The van der Waals surface area contributed by atoms with Gasteiger partial charge in [0, 0.05) is 18.5 Å². The van der Waals surface area contributed by atoms with Gasteiger partial charge < -0.3 is 30.0 Å². The Morgan fingerprint density at radius 2 is 1.74 bits per heavy atom. The molecule has 8 nitrogen and oxygen atoms in total. The number of likely N-dealkylation sites (tertiary alicyclic amines) is 1. The largest absolute Gasteiger partial charge is 1.00 e. The number of carboxylic acids is 2. The predicted octanol–water partition coefficient (Wildman–Crippen LogP) is -7.94. The van der Waals surface area contributed by atoms with Crippen LogP contribution in [0.25, 0.3) is 0 Å². The standard InChI is InChI=1S/C17H20N2O6.2Na/c20-14(19-10-4-7-13(19)17(24)25)9-8-12(16(22)23)18-15(21)11-5-2-1-3-6-11;;/h1-3,5-6,12-13H,4,7-10H2,(H,18,21)(H,22,23)(H,24,25);;/q;2*+1/p-2/t12-,13-;;/m0../s1. The fourth-order valence-corrected chi connectivity index (χ4v) is 2.80. The molecule has 0 aromatic heterocycles. The summed E-state index contributed by atoms with van der Waals surface area (Å²) in [4.78, 5) is 47.6. The van der Waals surface area contributed by atoms with Crippen molar-refractivity contribution in [3.8, 4) is 0 Å². The van der Waals surface area contributed by atoms with E-state index in [1.165, 1.54) is 17.0 Å². The maximum absolute atomic E-state index is 12.2. The number of rotatable bonds is 7. The minimum Gasteiger partial charge on any atom is -0.548 e. The van der Waals surface area contributed by atoms with E-state index in [0.29, 0.717) is 19.4 Å². The first-order chi connectivity index (χ1) is 11.9. The summed E-state index contributed by atoms with van der Waals surface area (Å²) in [6, 6.07) is 5.73. The second kappa shape index (κ2) is 12.5. The molecule has 2 amide bonds. The third kappa shape index (κ3) is 7.56. The molecule has 0 spiro atoms. The van der Waals surface area contributed by atoms with Gasteiger partial charge in [0.15, 0.2) is 0 Å². The van der Waals surface area contributed by atoms with Crippen molar-refractivity contribution in [3.63, 3.8) is 0 Å². The van der Waals surface area contributed by atoms with Gasteiger partial charge in [0.2, 0.25) is 5.91 Å². The summed E-state index contributed by atoms with van der Waals surface area (Å²) in [5.74, 6) is -3.89. The molecule has 1 saturated heterocycles. The average molecular weight is 392 g/mol. The molecular formula is C17H18N2Na2O6. The van der Waals surface area contributed by atoms with Crippen LogP contribution in [-0.4, -0.2) is 47.3 Å². The molecule has 1 aliphatic heterocycles. The molecule has 1 fully saturated rings. The van der Waals surface area contributed by atoms with Crippen molar-refractivity contribution in [1.82, 2.24) is 10.2 Å². The maximum Gasteiger partial charge on any atom is 1.00 e. The first-order valence-corrected chi connectivity index (χ1v) is 7.97. The Morgan fingerprint density at radius 3 is 2.30 bits per heavy atom. The van der Waals surface area contributed by atoms with Crippen molar-refractivity contribution in [2.45, 2.75) is 37.8 Å². The molecule has 1 N–H and O–H groups in total. The minimum absolute atomic E-state index is 0. The van der Waals surface area contributed by atoms with Crippen LogP contribution in [0.2, 0.25) is 0 Å². The third-order valence-corrected chi connectivity index (χ3v) is 4.12. The number of nitrogens with zero attached hydrogens (tertiary/aromatic N) is 1. The fourth-order valence-electron chi connectivity index (χ4n) is 2.80. The van der Waals surface area contributed by atoms with Gasteiger partial charge in [-0.1, -0.05) is 18.2 Å². The van der Waals surface area contributed by atoms with Crippen LogP contribution in [0.15, 0.2) is 30.3 Å². The van der Waals surface area contributed by atoms with E-state index < -0.39 is 35.8 Å². The van der Waals surface area contributed by atoms with Gasteiger partial charge in [-0.05, 0) is 31.4 Å². The van der Waals surface area contributed by atoms with Gasteiger partial charge in [0.25, 0.3) is 5.91 Å². The molecule has 2 atom stereocenters. The molecular weight excluding hydrogens is 374 g/mol. The van der Waals surface area contributed by atoms with E-state index in [1.54, 1.807) is 18.2 Å². The zero-order valence-electron chi connectivity index (χ0n) is 15.5. The molecule has 10 heteroatoms. The van der Waals surface area contributed by atoms with Gasteiger partial charge >= 0.3 is 59.1 Å². The van der Waals surface area contributed by atoms with Crippen molar-refractivity contribution < 1.29 is 88.5 Å². The number of carboxylic acid groups (broad SMARTS) is 2. The van der Waals surface area contributed by atoms with E-state index in [9.17, 15) is 29.4 Å². The summed E-state index contributed by atoms with van der Waals surface area (Å²) >= 11 is 0. The summed E-state index contributed by atoms with van der Waals surface area (Å²) in [7, 11) is 0. The van der Waals surface area contributed by atoms with Crippen molar-refractivity contribution in [2.75, 3.05) is 6.54 Å². The van der Waals surface area contributed by atoms with Crippen molar-refractivity contribution in [2.24, 2.45) is 0 Å². The number of nitrogens with one attached hydrogen (secondary N) is 1. The maximum atomic E-state index is 12.2. The van der Waals surface area contributed by atoms with E-state index in [4.69, 9.17) is 0 Å². The van der Waals surface area contributed by atoms with Gasteiger partial charge in [0.1, 0.15) is 0 Å². The second-order valence-corrected chi connectivity index (χ2v) is 5.81. The Bertz CT molecular complexity index is 671. The van der Waals surface area contributed by atoms with Crippen molar-refractivity contribution in [3.05, 3.63) is 35.9 Å². The summed E-state index contributed by atoms with van der Waals surface area (Å²) in [5.41, 5.74) is 0.289. The molecule has 134 valence electrons. The number of benzene rings is 1. The van der Waals surface area contributed by atoms with Gasteiger partial charge in [-0.2, -0.15) is 0 Å². The molecule has 0 saturated carbocycles. The first kappa shape index (κ1) is 26.1. The quantitative estimate of drug-likeness (QED) is 0.459. The van der Waals surface area contributed by atoms with Crippen LogP contribution in [-0.2, 0) is 14.4 Å². The molecule has 1 aromatic carbocycles. The van der Waals surface area contributed by atoms with Crippen LogP contribution in [0.5, 0.6) is 0 Å². The van der Waals surface area contributed by atoms with Crippen LogP contribution in [0.4, 0.5) is 0 Å². The number of amides is 2. The summed E-state index contributed by atoms with van der Waals surface area (Å²) in [6.45, 7) is 0.295. The topological polar surface area (TPSA) is 130 Å². The van der Waals surface area contributed by atoms with E-state index in [-0.39, 0.29) is 77.5 Å².